The fourth-order valence-corrected chi connectivity index (χ4v) is 3.19. The van der Waals surface area contributed by atoms with Gasteiger partial charge in [-0.25, -0.2) is 8.78 Å². The Hall–Kier alpha value is -0.650. The van der Waals surface area contributed by atoms with Crippen LogP contribution in [-0.4, -0.2) is 7.11 Å². The summed E-state index contributed by atoms with van der Waals surface area (Å²) in [5.41, 5.74) is 0.574. The summed E-state index contributed by atoms with van der Waals surface area (Å²) in [6.45, 7) is 0. The van der Waals surface area contributed by atoms with Gasteiger partial charge in [0.1, 0.15) is 17.4 Å². The second kappa shape index (κ2) is 6.41. The van der Waals surface area contributed by atoms with Crippen molar-refractivity contribution in [1.82, 2.24) is 0 Å². The molecule has 1 atom stereocenters. The Balaban J connectivity index is 2.46. The fourth-order valence-electron chi connectivity index (χ4n) is 1.80. The molecule has 0 amide bonds. The SMILES string of the molecule is COc1ccc(C(Br)c2c(F)cc(Br)cc2F)cc1Cl. The van der Waals surface area contributed by atoms with Crippen LogP contribution < -0.4 is 4.74 Å². The average Bonchev–Trinajstić information content (AvgIpc) is 2.37. The minimum Gasteiger partial charge on any atom is -0.495 e. The molecule has 1 nitrogen and oxygen atoms in total. The zero-order valence-electron chi connectivity index (χ0n) is 10.3. The summed E-state index contributed by atoms with van der Waals surface area (Å²) in [5.74, 6) is -0.761. The Morgan fingerprint density at radius 1 is 1.15 bits per heavy atom. The van der Waals surface area contributed by atoms with Crippen molar-refractivity contribution in [2.24, 2.45) is 0 Å². The minimum absolute atomic E-state index is 0.0607. The van der Waals surface area contributed by atoms with Gasteiger partial charge in [0.25, 0.3) is 0 Å². The standard InChI is InChI=1S/C14H9Br2ClF2O/c1-20-12-3-2-7(4-9(12)17)14(16)13-10(18)5-8(15)6-11(13)19/h2-6,14H,1H3. The normalized spacial score (nSPS) is 12.3. The number of ether oxygens (including phenoxy) is 1. The summed E-state index contributed by atoms with van der Waals surface area (Å²) in [4.78, 5) is -0.640. The Labute approximate surface area is 137 Å². The van der Waals surface area contributed by atoms with Crippen LogP contribution in [0.3, 0.4) is 0 Å². The molecule has 2 aromatic carbocycles. The number of methoxy groups -OCH3 is 1. The van der Waals surface area contributed by atoms with Crippen LogP contribution in [0.5, 0.6) is 5.75 Å². The Kier molecular flexibility index (Phi) is 5.04. The molecule has 1 unspecified atom stereocenters. The predicted octanol–water partition coefficient (Wildman–Crippen LogP) is 5.87. The number of alkyl halides is 1. The highest BCUT2D eigenvalue weighted by molar-refractivity contribution is 9.10. The van der Waals surface area contributed by atoms with Crippen molar-refractivity contribution in [2.75, 3.05) is 7.11 Å². The van der Waals surface area contributed by atoms with E-state index in [0.717, 1.165) is 0 Å². The molecule has 6 heteroatoms. The molecule has 0 aromatic heterocycles. The van der Waals surface area contributed by atoms with Crippen LogP contribution in [0.2, 0.25) is 5.02 Å². The highest BCUT2D eigenvalue weighted by Gasteiger charge is 2.21. The number of halogens is 5. The van der Waals surface area contributed by atoms with E-state index in [2.05, 4.69) is 31.9 Å². The van der Waals surface area contributed by atoms with Crippen LogP contribution in [0, 0.1) is 11.6 Å². The maximum atomic E-state index is 13.9. The molecule has 106 valence electrons. The molecule has 20 heavy (non-hydrogen) atoms. The molecular formula is C14H9Br2ClF2O. The van der Waals surface area contributed by atoms with Gasteiger partial charge < -0.3 is 4.74 Å². The first-order valence-electron chi connectivity index (χ1n) is 5.56. The lowest BCUT2D eigenvalue weighted by atomic mass is 10.0. The quantitative estimate of drug-likeness (QED) is 0.558. The molecule has 0 saturated heterocycles. The van der Waals surface area contributed by atoms with Crippen LogP contribution in [0.1, 0.15) is 16.0 Å². The highest BCUT2D eigenvalue weighted by atomic mass is 79.9. The largest absolute Gasteiger partial charge is 0.495 e. The second-order valence-electron chi connectivity index (χ2n) is 4.04. The monoisotopic (exact) mass is 424 g/mol. The van der Waals surface area contributed by atoms with Gasteiger partial charge in [-0.2, -0.15) is 0 Å². The Bertz CT molecular complexity index is 626. The van der Waals surface area contributed by atoms with Gasteiger partial charge in [0.05, 0.1) is 17.0 Å². The summed E-state index contributed by atoms with van der Waals surface area (Å²) in [7, 11) is 1.50. The van der Waals surface area contributed by atoms with E-state index < -0.39 is 16.5 Å². The van der Waals surface area contributed by atoms with E-state index in [9.17, 15) is 8.78 Å². The van der Waals surface area contributed by atoms with Crippen molar-refractivity contribution in [3.8, 4) is 5.75 Å². The fraction of sp³-hybridized carbons (Fsp3) is 0.143. The van der Waals surface area contributed by atoms with Crippen molar-refractivity contribution in [3.05, 3.63) is 62.6 Å². The zero-order chi connectivity index (χ0) is 14.9. The van der Waals surface area contributed by atoms with Crippen LogP contribution in [0.15, 0.2) is 34.8 Å². The van der Waals surface area contributed by atoms with Crippen LogP contribution >= 0.6 is 43.5 Å². The zero-order valence-corrected chi connectivity index (χ0v) is 14.2. The summed E-state index contributed by atoms with van der Waals surface area (Å²) in [6, 6.07) is 7.40. The topological polar surface area (TPSA) is 9.23 Å². The molecular weight excluding hydrogens is 417 g/mol. The molecule has 0 aliphatic heterocycles. The molecule has 2 rings (SSSR count). The third-order valence-corrected chi connectivity index (χ3v) is 4.51. The molecule has 0 saturated carbocycles. The third kappa shape index (κ3) is 3.15. The smallest absolute Gasteiger partial charge is 0.137 e. The van der Waals surface area contributed by atoms with Gasteiger partial charge in [0.2, 0.25) is 0 Å². The number of rotatable bonds is 3. The second-order valence-corrected chi connectivity index (χ2v) is 6.28. The van der Waals surface area contributed by atoms with Gasteiger partial charge >= 0.3 is 0 Å². The number of benzene rings is 2. The van der Waals surface area contributed by atoms with Gasteiger partial charge in [-0.15, -0.1) is 0 Å². The van der Waals surface area contributed by atoms with Gasteiger partial charge in [0.15, 0.2) is 0 Å². The maximum absolute atomic E-state index is 13.9. The summed E-state index contributed by atoms with van der Waals surface area (Å²) < 4.78 is 33.3. The molecule has 0 N–H and O–H groups in total. The molecule has 2 aromatic rings. The van der Waals surface area contributed by atoms with Crippen LogP contribution in [0.4, 0.5) is 8.78 Å². The molecule has 0 aliphatic carbocycles. The predicted molar refractivity (Wildman–Crippen MR) is 82.8 cm³/mol. The third-order valence-electron chi connectivity index (χ3n) is 2.77. The summed E-state index contributed by atoms with van der Waals surface area (Å²) >= 11 is 12.4. The minimum atomic E-state index is -0.640. The molecule has 0 radical (unpaired) electrons. The molecule has 0 aliphatic rings. The van der Waals surface area contributed by atoms with Crippen LogP contribution in [0.25, 0.3) is 0 Å². The average molecular weight is 426 g/mol. The van der Waals surface area contributed by atoms with Crippen molar-refractivity contribution >= 4 is 43.5 Å². The molecule has 0 heterocycles. The van der Waals surface area contributed by atoms with E-state index >= 15 is 0 Å². The van der Waals surface area contributed by atoms with E-state index in [1.54, 1.807) is 18.2 Å². The first kappa shape index (κ1) is 15.7. The van der Waals surface area contributed by atoms with Crippen LogP contribution in [-0.2, 0) is 0 Å². The van der Waals surface area contributed by atoms with Crippen molar-refractivity contribution in [1.29, 1.82) is 0 Å². The van der Waals surface area contributed by atoms with E-state index in [-0.39, 0.29) is 5.56 Å². The maximum Gasteiger partial charge on any atom is 0.137 e. The first-order chi connectivity index (χ1) is 9.43. The lowest BCUT2D eigenvalue weighted by molar-refractivity contribution is 0.415. The number of hydrogen-bond acceptors (Lipinski definition) is 1. The summed E-state index contributed by atoms with van der Waals surface area (Å²) in [6.07, 6.45) is 0. The van der Waals surface area contributed by atoms with Gasteiger partial charge in [-0.3, -0.25) is 0 Å². The molecule has 0 spiro atoms. The van der Waals surface area contributed by atoms with Gasteiger partial charge in [-0.05, 0) is 29.8 Å². The van der Waals surface area contributed by atoms with Crippen molar-refractivity contribution in [3.63, 3.8) is 0 Å². The lowest BCUT2D eigenvalue weighted by Gasteiger charge is -2.14. The first-order valence-corrected chi connectivity index (χ1v) is 7.64. The summed E-state index contributed by atoms with van der Waals surface area (Å²) in [5, 5.41) is 0.382. The Morgan fingerprint density at radius 2 is 1.75 bits per heavy atom. The van der Waals surface area contributed by atoms with E-state index in [0.29, 0.717) is 20.8 Å². The van der Waals surface area contributed by atoms with E-state index in [4.69, 9.17) is 16.3 Å². The Morgan fingerprint density at radius 3 is 2.25 bits per heavy atom. The molecule has 0 fully saturated rings. The van der Waals surface area contributed by atoms with E-state index in [1.807, 2.05) is 0 Å². The highest BCUT2D eigenvalue weighted by Crippen LogP contribution is 2.38. The number of hydrogen-bond donors (Lipinski definition) is 0. The lowest BCUT2D eigenvalue weighted by Crippen LogP contribution is -2.01. The van der Waals surface area contributed by atoms with Crippen molar-refractivity contribution in [2.45, 2.75) is 4.83 Å². The van der Waals surface area contributed by atoms with Gasteiger partial charge in [0, 0.05) is 10.0 Å². The van der Waals surface area contributed by atoms with Crippen molar-refractivity contribution < 1.29 is 13.5 Å². The van der Waals surface area contributed by atoms with Gasteiger partial charge in [-0.1, -0.05) is 49.5 Å². The van der Waals surface area contributed by atoms with E-state index in [1.165, 1.54) is 19.2 Å². The molecule has 0 bridgehead atoms.